The number of likely N-dealkylation sites (tertiary alicyclic amines) is 1. The number of ketones is 1. The van der Waals surface area contributed by atoms with E-state index in [2.05, 4.69) is 0 Å². The molecule has 1 heterocycles. The molecule has 1 aliphatic heterocycles. The van der Waals surface area contributed by atoms with Crippen LogP contribution in [-0.2, 0) is 9.59 Å². The summed E-state index contributed by atoms with van der Waals surface area (Å²) in [6, 6.07) is 8.78. The molecule has 98 valence electrons. The SMILES string of the molecule is O=C(CN1C(=O)C2CCCC2C1=O)c1ccccc1. The fourth-order valence-electron chi connectivity index (χ4n) is 3.07. The smallest absolute Gasteiger partial charge is 0.233 e. The Balaban J connectivity index is 1.76. The molecule has 1 saturated carbocycles. The summed E-state index contributed by atoms with van der Waals surface area (Å²) in [5, 5.41) is 0. The molecule has 4 nitrogen and oxygen atoms in total. The van der Waals surface area contributed by atoms with E-state index in [1.165, 1.54) is 0 Å². The molecule has 0 aromatic heterocycles. The van der Waals surface area contributed by atoms with Crippen LogP contribution in [0.5, 0.6) is 0 Å². The van der Waals surface area contributed by atoms with Crippen molar-refractivity contribution in [2.24, 2.45) is 11.8 Å². The molecule has 3 rings (SSSR count). The van der Waals surface area contributed by atoms with Crippen molar-refractivity contribution in [2.75, 3.05) is 6.54 Å². The zero-order valence-corrected chi connectivity index (χ0v) is 10.5. The number of fused-ring (bicyclic) bond motifs is 1. The van der Waals surface area contributed by atoms with E-state index in [0.29, 0.717) is 5.56 Å². The summed E-state index contributed by atoms with van der Waals surface area (Å²) in [5.41, 5.74) is 0.542. The van der Waals surface area contributed by atoms with Crippen molar-refractivity contribution < 1.29 is 14.4 Å². The Hall–Kier alpha value is -1.97. The number of hydrogen-bond donors (Lipinski definition) is 0. The van der Waals surface area contributed by atoms with Crippen LogP contribution in [0.2, 0.25) is 0 Å². The van der Waals surface area contributed by atoms with Crippen molar-refractivity contribution in [3.05, 3.63) is 35.9 Å². The molecule has 4 heteroatoms. The zero-order chi connectivity index (χ0) is 13.4. The van der Waals surface area contributed by atoms with Crippen LogP contribution in [-0.4, -0.2) is 29.0 Å². The Morgan fingerprint density at radius 3 is 2.21 bits per heavy atom. The first-order chi connectivity index (χ1) is 9.18. The van der Waals surface area contributed by atoms with E-state index >= 15 is 0 Å². The molecule has 0 bridgehead atoms. The van der Waals surface area contributed by atoms with Crippen LogP contribution in [0.1, 0.15) is 29.6 Å². The van der Waals surface area contributed by atoms with E-state index in [-0.39, 0.29) is 36.0 Å². The van der Waals surface area contributed by atoms with Crippen LogP contribution < -0.4 is 0 Å². The second kappa shape index (κ2) is 4.61. The van der Waals surface area contributed by atoms with Gasteiger partial charge in [-0.05, 0) is 12.8 Å². The van der Waals surface area contributed by atoms with Crippen LogP contribution >= 0.6 is 0 Å². The van der Waals surface area contributed by atoms with Gasteiger partial charge in [0, 0.05) is 5.56 Å². The van der Waals surface area contributed by atoms with Crippen molar-refractivity contribution in [1.82, 2.24) is 4.90 Å². The van der Waals surface area contributed by atoms with Gasteiger partial charge >= 0.3 is 0 Å². The predicted molar refractivity (Wildman–Crippen MR) is 68.3 cm³/mol. The Morgan fingerprint density at radius 1 is 1.05 bits per heavy atom. The number of hydrogen-bond acceptors (Lipinski definition) is 3. The summed E-state index contributed by atoms with van der Waals surface area (Å²) in [6.45, 7) is -0.116. The molecule has 1 saturated heterocycles. The van der Waals surface area contributed by atoms with Crippen molar-refractivity contribution in [3.8, 4) is 0 Å². The van der Waals surface area contributed by atoms with Crippen LogP contribution in [0, 0.1) is 11.8 Å². The lowest BCUT2D eigenvalue weighted by Crippen LogP contribution is -2.36. The van der Waals surface area contributed by atoms with Crippen molar-refractivity contribution in [1.29, 1.82) is 0 Å². The van der Waals surface area contributed by atoms with Gasteiger partial charge in [-0.2, -0.15) is 0 Å². The Kier molecular flexibility index (Phi) is 2.93. The van der Waals surface area contributed by atoms with E-state index in [4.69, 9.17) is 0 Å². The number of Topliss-reactive ketones (excluding diaryl/α,β-unsaturated/α-hetero) is 1. The van der Waals surface area contributed by atoms with Crippen molar-refractivity contribution in [2.45, 2.75) is 19.3 Å². The summed E-state index contributed by atoms with van der Waals surface area (Å²) in [4.78, 5) is 37.5. The number of benzene rings is 1. The fourth-order valence-corrected chi connectivity index (χ4v) is 3.07. The quantitative estimate of drug-likeness (QED) is 0.611. The van der Waals surface area contributed by atoms with Gasteiger partial charge in [-0.3, -0.25) is 19.3 Å². The molecule has 2 aliphatic rings. The summed E-state index contributed by atoms with van der Waals surface area (Å²) in [6.07, 6.45) is 2.50. The summed E-state index contributed by atoms with van der Waals surface area (Å²) in [7, 11) is 0. The number of rotatable bonds is 3. The van der Waals surface area contributed by atoms with E-state index in [0.717, 1.165) is 24.2 Å². The number of carbonyl (C=O) groups excluding carboxylic acids is 3. The average molecular weight is 257 g/mol. The lowest BCUT2D eigenvalue weighted by atomic mass is 10.00. The second-order valence-corrected chi connectivity index (χ2v) is 5.20. The standard InChI is InChI=1S/C15H15NO3/c17-13(10-5-2-1-3-6-10)9-16-14(18)11-7-4-8-12(11)15(16)19/h1-3,5-6,11-12H,4,7-9H2. The lowest BCUT2D eigenvalue weighted by molar-refractivity contribution is -0.139. The highest BCUT2D eigenvalue weighted by molar-refractivity contribution is 6.10. The van der Waals surface area contributed by atoms with Crippen molar-refractivity contribution in [3.63, 3.8) is 0 Å². The first-order valence-corrected chi connectivity index (χ1v) is 6.62. The molecule has 1 aromatic rings. The Labute approximate surface area is 111 Å². The molecule has 19 heavy (non-hydrogen) atoms. The van der Waals surface area contributed by atoms with Gasteiger partial charge in [-0.25, -0.2) is 0 Å². The Bertz CT molecular complexity index is 516. The average Bonchev–Trinajstić information content (AvgIpc) is 3.00. The maximum Gasteiger partial charge on any atom is 0.233 e. The number of carbonyl (C=O) groups is 3. The highest BCUT2D eigenvalue weighted by atomic mass is 16.2. The van der Waals surface area contributed by atoms with Gasteiger partial charge in [-0.1, -0.05) is 36.8 Å². The molecule has 2 atom stereocenters. The molecule has 2 unspecified atom stereocenters. The van der Waals surface area contributed by atoms with Gasteiger partial charge in [-0.15, -0.1) is 0 Å². The molecule has 0 N–H and O–H groups in total. The third-order valence-corrected chi connectivity index (χ3v) is 4.08. The van der Waals surface area contributed by atoms with E-state index in [9.17, 15) is 14.4 Å². The topological polar surface area (TPSA) is 54.5 Å². The molecule has 0 radical (unpaired) electrons. The van der Waals surface area contributed by atoms with Gasteiger partial charge in [0.25, 0.3) is 0 Å². The summed E-state index contributed by atoms with van der Waals surface area (Å²) in [5.74, 6) is -0.831. The normalized spacial score (nSPS) is 25.8. The number of nitrogens with zero attached hydrogens (tertiary/aromatic N) is 1. The number of amides is 2. The maximum atomic E-state index is 12.1. The molecular weight excluding hydrogens is 242 g/mol. The maximum absolute atomic E-state index is 12.1. The monoisotopic (exact) mass is 257 g/mol. The fraction of sp³-hybridized carbons (Fsp3) is 0.400. The van der Waals surface area contributed by atoms with Gasteiger partial charge in [0.15, 0.2) is 5.78 Å². The molecule has 0 spiro atoms. The minimum absolute atomic E-state index is 0.116. The minimum Gasteiger partial charge on any atom is -0.292 e. The predicted octanol–water partition coefficient (Wildman–Crippen LogP) is 1.65. The van der Waals surface area contributed by atoms with Gasteiger partial charge < -0.3 is 0 Å². The second-order valence-electron chi connectivity index (χ2n) is 5.20. The molecule has 2 amide bonds. The van der Waals surface area contributed by atoms with Crippen LogP contribution in [0.4, 0.5) is 0 Å². The van der Waals surface area contributed by atoms with E-state index < -0.39 is 0 Å². The first-order valence-electron chi connectivity index (χ1n) is 6.62. The lowest BCUT2D eigenvalue weighted by Gasteiger charge is -2.14. The third-order valence-electron chi connectivity index (χ3n) is 4.08. The van der Waals surface area contributed by atoms with Gasteiger partial charge in [0.1, 0.15) is 0 Å². The highest BCUT2D eigenvalue weighted by Crippen LogP contribution is 2.39. The molecular formula is C15H15NO3. The van der Waals surface area contributed by atoms with Crippen LogP contribution in [0.25, 0.3) is 0 Å². The minimum atomic E-state index is -0.178. The van der Waals surface area contributed by atoms with E-state index in [1.807, 2.05) is 6.07 Å². The Morgan fingerprint density at radius 2 is 1.63 bits per heavy atom. The van der Waals surface area contributed by atoms with Crippen LogP contribution in [0.15, 0.2) is 30.3 Å². The third kappa shape index (κ3) is 1.97. The highest BCUT2D eigenvalue weighted by Gasteiger charge is 2.49. The largest absolute Gasteiger partial charge is 0.292 e. The molecule has 1 aromatic carbocycles. The molecule has 1 aliphatic carbocycles. The zero-order valence-electron chi connectivity index (χ0n) is 10.5. The van der Waals surface area contributed by atoms with Crippen LogP contribution in [0.3, 0.4) is 0 Å². The first kappa shape index (κ1) is 12.1. The van der Waals surface area contributed by atoms with Gasteiger partial charge in [0.05, 0.1) is 18.4 Å². The van der Waals surface area contributed by atoms with Crippen molar-refractivity contribution >= 4 is 17.6 Å². The molecule has 2 fully saturated rings. The van der Waals surface area contributed by atoms with Gasteiger partial charge in [0.2, 0.25) is 11.8 Å². The number of imide groups is 1. The summed E-state index contributed by atoms with van der Waals surface area (Å²) >= 11 is 0. The summed E-state index contributed by atoms with van der Waals surface area (Å²) < 4.78 is 0. The van der Waals surface area contributed by atoms with E-state index in [1.54, 1.807) is 24.3 Å².